The van der Waals surface area contributed by atoms with Crippen molar-refractivity contribution in [2.24, 2.45) is 0 Å². The molecule has 0 aromatic heterocycles. The van der Waals surface area contributed by atoms with E-state index in [2.05, 4.69) is 0 Å². The molecule has 12 heavy (non-hydrogen) atoms. The summed E-state index contributed by atoms with van der Waals surface area (Å²) in [4.78, 5) is 9.68. The van der Waals surface area contributed by atoms with Crippen molar-refractivity contribution in [2.75, 3.05) is 0 Å². The number of rotatable bonds is 2. The Morgan fingerprint density at radius 2 is 1.92 bits per heavy atom. The van der Waals surface area contributed by atoms with E-state index in [-0.39, 0.29) is 5.69 Å². The Balaban J connectivity index is 2.93. The molecule has 0 amide bonds. The Hall–Kier alpha value is -1.13. The molecule has 0 bridgehead atoms. The smallest absolute Gasteiger partial charge is 0.269 e. The molecule has 1 rings (SSSR count). The number of alkyl halides is 1. The van der Waals surface area contributed by atoms with Crippen LogP contribution < -0.4 is 0 Å². The van der Waals surface area contributed by atoms with Crippen molar-refractivity contribution in [1.82, 2.24) is 0 Å². The summed E-state index contributed by atoms with van der Waals surface area (Å²) >= 11 is 5.32. The molecule has 0 radical (unpaired) electrons. The normalized spacial score (nSPS) is 12.5. The average Bonchev–Trinajstić information content (AvgIpc) is 2.04. The second-order valence-corrected chi connectivity index (χ2v) is 2.60. The van der Waals surface area contributed by atoms with E-state index < -0.39 is 10.5 Å². The van der Waals surface area contributed by atoms with Gasteiger partial charge in [-0.2, -0.15) is 0 Å². The average molecular weight is 188 g/mol. The SMILES string of the molecule is O=[N+]([O-])c1ccc([C@H](O)Cl)cc1. The Kier molecular flexibility index (Phi) is 2.62. The number of benzene rings is 1. The van der Waals surface area contributed by atoms with Crippen molar-refractivity contribution in [2.45, 2.75) is 5.56 Å². The third-order valence-corrected chi connectivity index (χ3v) is 1.63. The largest absolute Gasteiger partial charge is 0.373 e. The molecule has 0 fully saturated rings. The van der Waals surface area contributed by atoms with Crippen LogP contribution in [-0.2, 0) is 0 Å². The minimum atomic E-state index is -1.11. The van der Waals surface area contributed by atoms with E-state index in [0.29, 0.717) is 5.56 Å². The van der Waals surface area contributed by atoms with Crippen LogP contribution in [0.3, 0.4) is 0 Å². The number of nitro benzene ring substituents is 1. The van der Waals surface area contributed by atoms with Crippen LogP contribution >= 0.6 is 11.6 Å². The summed E-state index contributed by atoms with van der Waals surface area (Å²) in [7, 11) is 0. The van der Waals surface area contributed by atoms with Crippen molar-refractivity contribution < 1.29 is 10.0 Å². The van der Waals surface area contributed by atoms with Gasteiger partial charge in [-0.05, 0) is 17.7 Å². The van der Waals surface area contributed by atoms with E-state index in [1.54, 1.807) is 0 Å². The fraction of sp³-hybridized carbons (Fsp3) is 0.143. The maximum Gasteiger partial charge on any atom is 0.269 e. The van der Waals surface area contributed by atoms with E-state index in [9.17, 15) is 10.1 Å². The topological polar surface area (TPSA) is 63.4 Å². The first-order valence-electron chi connectivity index (χ1n) is 3.18. The van der Waals surface area contributed by atoms with Crippen LogP contribution in [0.2, 0.25) is 0 Å². The predicted octanol–water partition coefficient (Wildman–Crippen LogP) is 1.82. The van der Waals surface area contributed by atoms with Gasteiger partial charge in [0.05, 0.1) is 4.92 Å². The number of aliphatic hydroxyl groups excluding tert-OH is 1. The van der Waals surface area contributed by atoms with Crippen molar-refractivity contribution in [3.05, 3.63) is 39.9 Å². The maximum atomic E-state index is 10.2. The first-order chi connectivity index (χ1) is 5.61. The van der Waals surface area contributed by atoms with Crippen LogP contribution in [0.5, 0.6) is 0 Å². The number of nitro groups is 1. The lowest BCUT2D eigenvalue weighted by Gasteiger charge is -2.00. The summed E-state index contributed by atoms with van der Waals surface area (Å²) < 4.78 is 0. The molecule has 0 unspecified atom stereocenters. The van der Waals surface area contributed by atoms with Gasteiger partial charge in [0.15, 0.2) is 5.56 Å². The van der Waals surface area contributed by atoms with E-state index in [1.165, 1.54) is 24.3 Å². The molecule has 5 heteroatoms. The zero-order valence-corrected chi connectivity index (χ0v) is 6.73. The predicted molar refractivity (Wildman–Crippen MR) is 43.9 cm³/mol. The molecule has 0 aliphatic carbocycles. The molecular weight excluding hydrogens is 182 g/mol. The highest BCUT2D eigenvalue weighted by Gasteiger charge is 2.06. The van der Waals surface area contributed by atoms with Crippen LogP contribution in [-0.4, -0.2) is 10.0 Å². The second-order valence-electron chi connectivity index (χ2n) is 2.18. The van der Waals surface area contributed by atoms with Gasteiger partial charge in [-0.25, -0.2) is 0 Å². The fourth-order valence-electron chi connectivity index (χ4n) is 0.755. The Labute approximate surface area is 73.5 Å². The van der Waals surface area contributed by atoms with Crippen LogP contribution in [0, 0.1) is 10.1 Å². The molecule has 1 aromatic carbocycles. The minimum Gasteiger partial charge on any atom is -0.373 e. The highest BCUT2D eigenvalue weighted by atomic mass is 35.5. The molecular formula is C7H6ClNO3. The van der Waals surface area contributed by atoms with Gasteiger partial charge in [0.25, 0.3) is 5.69 Å². The summed E-state index contributed by atoms with van der Waals surface area (Å²) in [5.74, 6) is 0. The molecule has 1 aromatic rings. The van der Waals surface area contributed by atoms with Crippen molar-refractivity contribution in [3.63, 3.8) is 0 Å². The third kappa shape index (κ3) is 1.93. The number of non-ortho nitro benzene ring substituents is 1. The van der Waals surface area contributed by atoms with Gasteiger partial charge in [-0.3, -0.25) is 10.1 Å². The molecule has 1 atom stereocenters. The van der Waals surface area contributed by atoms with Gasteiger partial charge in [-0.15, -0.1) is 0 Å². The third-order valence-electron chi connectivity index (χ3n) is 1.38. The standard InChI is InChI=1S/C7H6ClNO3/c8-7(10)5-1-3-6(4-2-5)9(11)12/h1-4,7,10H/t7-/m0/s1. The lowest BCUT2D eigenvalue weighted by atomic mass is 10.2. The van der Waals surface area contributed by atoms with Gasteiger partial charge in [0.1, 0.15) is 0 Å². The molecule has 64 valence electrons. The van der Waals surface area contributed by atoms with Gasteiger partial charge < -0.3 is 5.11 Å². The molecule has 0 saturated heterocycles. The molecule has 4 nitrogen and oxygen atoms in total. The molecule has 1 N–H and O–H groups in total. The van der Waals surface area contributed by atoms with Gasteiger partial charge >= 0.3 is 0 Å². The van der Waals surface area contributed by atoms with Gasteiger partial charge in [0.2, 0.25) is 0 Å². The van der Waals surface area contributed by atoms with Gasteiger partial charge in [-0.1, -0.05) is 11.6 Å². The molecule has 0 spiro atoms. The summed E-state index contributed by atoms with van der Waals surface area (Å²) in [6.45, 7) is 0. The van der Waals surface area contributed by atoms with Crippen LogP contribution in [0.25, 0.3) is 0 Å². The zero-order valence-electron chi connectivity index (χ0n) is 5.98. The Morgan fingerprint density at radius 3 is 2.25 bits per heavy atom. The summed E-state index contributed by atoms with van der Waals surface area (Å²) in [5.41, 5.74) is -0.677. The van der Waals surface area contributed by atoms with Crippen LogP contribution in [0.1, 0.15) is 11.1 Å². The van der Waals surface area contributed by atoms with Crippen LogP contribution in [0.15, 0.2) is 24.3 Å². The first kappa shape index (κ1) is 8.96. The van der Waals surface area contributed by atoms with Crippen LogP contribution in [0.4, 0.5) is 5.69 Å². The monoisotopic (exact) mass is 187 g/mol. The summed E-state index contributed by atoms with van der Waals surface area (Å²) in [6, 6.07) is 5.41. The summed E-state index contributed by atoms with van der Waals surface area (Å²) in [5, 5.41) is 19.0. The highest BCUT2D eigenvalue weighted by molar-refractivity contribution is 6.19. The lowest BCUT2D eigenvalue weighted by molar-refractivity contribution is -0.384. The maximum absolute atomic E-state index is 10.2. The number of aliphatic hydroxyl groups is 1. The lowest BCUT2D eigenvalue weighted by Crippen LogP contribution is -1.90. The number of hydrogen-bond donors (Lipinski definition) is 1. The van der Waals surface area contributed by atoms with E-state index in [1.807, 2.05) is 0 Å². The highest BCUT2D eigenvalue weighted by Crippen LogP contribution is 2.19. The van der Waals surface area contributed by atoms with Crippen molar-refractivity contribution in [1.29, 1.82) is 0 Å². The minimum absolute atomic E-state index is 0.0175. The van der Waals surface area contributed by atoms with E-state index in [4.69, 9.17) is 16.7 Å². The quantitative estimate of drug-likeness (QED) is 0.436. The number of nitrogens with zero attached hydrogens (tertiary/aromatic N) is 1. The summed E-state index contributed by atoms with van der Waals surface area (Å²) in [6.07, 6.45) is 0. The Bertz CT molecular complexity index is 283. The van der Waals surface area contributed by atoms with Gasteiger partial charge in [0, 0.05) is 12.1 Å². The van der Waals surface area contributed by atoms with E-state index in [0.717, 1.165) is 0 Å². The van der Waals surface area contributed by atoms with Crippen molar-refractivity contribution >= 4 is 17.3 Å². The molecule has 0 aliphatic heterocycles. The Morgan fingerprint density at radius 1 is 1.42 bits per heavy atom. The molecule has 0 saturated carbocycles. The fourth-order valence-corrected chi connectivity index (χ4v) is 0.900. The second kappa shape index (κ2) is 3.51. The molecule has 0 heterocycles. The number of halogens is 1. The van der Waals surface area contributed by atoms with Crippen molar-refractivity contribution in [3.8, 4) is 0 Å². The zero-order chi connectivity index (χ0) is 9.14. The first-order valence-corrected chi connectivity index (χ1v) is 3.61. The number of hydrogen-bond acceptors (Lipinski definition) is 3. The molecule has 0 aliphatic rings. The van der Waals surface area contributed by atoms with E-state index >= 15 is 0 Å².